The van der Waals surface area contributed by atoms with Crippen molar-refractivity contribution in [3.8, 4) is 0 Å². The summed E-state index contributed by atoms with van der Waals surface area (Å²) in [5.74, 6) is -0.329. The van der Waals surface area contributed by atoms with E-state index in [0.717, 1.165) is 30.9 Å². The summed E-state index contributed by atoms with van der Waals surface area (Å²) in [6.07, 6.45) is 6.16. The molecule has 0 bridgehead atoms. The Morgan fingerprint density at radius 3 is 2.38 bits per heavy atom. The smallest absolute Gasteiger partial charge is 0.234 e. The Hall–Kier alpha value is -2.20. The van der Waals surface area contributed by atoms with Crippen LogP contribution in [0.5, 0.6) is 0 Å². The van der Waals surface area contributed by atoms with Gasteiger partial charge in [0.25, 0.3) is 0 Å². The van der Waals surface area contributed by atoms with Crippen LogP contribution in [-0.4, -0.2) is 35.4 Å². The van der Waals surface area contributed by atoms with Crippen LogP contribution < -0.4 is 5.73 Å². The largest absolute Gasteiger partial charge is 0.369 e. The standard InChI is InChI=1S/C20H25N3O/c21-19(24)20(17-9-3-1-4-10-17,18-11-5-6-13-22-18)12-16-23-14-7-2-8-15-23/h1,3-6,9-11,13H,2,7-8,12,14-16H2,(H2,21,24)/t20-/m0/s1. The topological polar surface area (TPSA) is 59.2 Å². The fourth-order valence-electron chi connectivity index (χ4n) is 3.66. The highest BCUT2D eigenvalue weighted by Crippen LogP contribution is 2.35. The third-order valence-corrected chi connectivity index (χ3v) is 5.04. The molecule has 3 rings (SSSR count). The normalized spacial score (nSPS) is 18.0. The molecule has 1 aromatic heterocycles. The van der Waals surface area contributed by atoms with Crippen LogP contribution in [-0.2, 0) is 10.2 Å². The van der Waals surface area contributed by atoms with Crippen LogP contribution in [0.3, 0.4) is 0 Å². The minimum Gasteiger partial charge on any atom is -0.369 e. The number of nitrogens with zero attached hydrogens (tertiary/aromatic N) is 2. The average Bonchev–Trinajstić information content (AvgIpc) is 2.65. The molecule has 1 amide bonds. The van der Waals surface area contributed by atoms with E-state index in [0.29, 0.717) is 6.42 Å². The van der Waals surface area contributed by atoms with Crippen molar-refractivity contribution in [1.29, 1.82) is 0 Å². The number of aromatic nitrogens is 1. The first-order chi connectivity index (χ1) is 11.7. The van der Waals surface area contributed by atoms with Crippen LogP contribution in [0, 0.1) is 0 Å². The number of carbonyl (C=O) groups excluding carboxylic acids is 1. The van der Waals surface area contributed by atoms with Gasteiger partial charge in [-0.1, -0.05) is 42.8 Å². The Morgan fingerprint density at radius 1 is 1.04 bits per heavy atom. The van der Waals surface area contributed by atoms with Crippen LogP contribution >= 0.6 is 0 Å². The lowest BCUT2D eigenvalue weighted by atomic mass is 9.73. The molecule has 4 heteroatoms. The van der Waals surface area contributed by atoms with Gasteiger partial charge in [0.1, 0.15) is 5.41 Å². The van der Waals surface area contributed by atoms with Gasteiger partial charge >= 0.3 is 0 Å². The van der Waals surface area contributed by atoms with Crippen LogP contribution in [0.25, 0.3) is 0 Å². The Morgan fingerprint density at radius 2 is 1.75 bits per heavy atom. The zero-order valence-corrected chi connectivity index (χ0v) is 14.0. The number of likely N-dealkylation sites (tertiary alicyclic amines) is 1. The summed E-state index contributed by atoms with van der Waals surface area (Å²) in [6, 6.07) is 15.5. The monoisotopic (exact) mass is 323 g/mol. The Balaban J connectivity index is 1.97. The number of nitrogens with two attached hydrogens (primary N) is 1. The first-order valence-corrected chi connectivity index (χ1v) is 8.73. The summed E-state index contributed by atoms with van der Waals surface area (Å²) in [7, 11) is 0. The summed E-state index contributed by atoms with van der Waals surface area (Å²) in [5.41, 5.74) is 6.74. The first-order valence-electron chi connectivity index (χ1n) is 8.73. The van der Waals surface area contributed by atoms with Crippen LogP contribution in [0.4, 0.5) is 0 Å². The van der Waals surface area contributed by atoms with Crippen molar-refractivity contribution in [3.63, 3.8) is 0 Å². The maximum Gasteiger partial charge on any atom is 0.234 e. The van der Waals surface area contributed by atoms with Gasteiger partial charge in [0, 0.05) is 6.20 Å². The molecule has 0 aliphatic carbocycles. The molecule has 126 valence electrons. The summed E-state index contributed by atoms with van der Waals surface area (Å²) in [6.45, 7) is 3.06. The summed E-state index contributed by atoms with van der Waals surface area (Å²) < 4.78 is 0. The van der Waals surface area contributed by atoms with Crippen molar-refractivity contribution in [1.82, 2.24) is 9.88 Å². The number of piperidine rings is 1. The number of hydrogen-bond donors (Lipinski definition) is 1. The fraction of sp³-hybridized carbons (Fsp3) is 0.400. The number of pyridine rings is 1. The summed E-state index contributed by atoms with van der Waals surface area (Å²) in [4.78, 5) is 19.6. The molecule has 1 fully saturated rings. The zero-order chi connectivity index (χ0) is 16.8. The second-order valence-electron chi connectivity index (χ2n) is 6.50. The van der Waals surface area contributed by atoms with E-state index in [1.165, 1.54) is 19.3 Å². The second-order valence-corrected chi connectivity index (χ2v) is 6.50. The summed E-state index contributed by atoms with van der Waals surface area (Å²) >= 11 is 0. The van der Waals surface area contributed by atoms with Gasteiger partial charge in [-0.2, -0.15) is 0 Å². The molecule has 4 nitrogen and oxygen atoms in total. The predicted octanol–water partition coefficient (Wildman–Crippen LogP) is 2.73. The van der Waals surface area contributed by atoms with E-state index in [1.54, 1.807) is 6.20 Å². The molecule has 2 aromatic rings. The van der Waals surface area contributed by atoms with Gasteiger partial charge in [-0.05, 0) is 56.6 Å². The molecule has 1 aliphatic heterocycles. The summed E-state index contributed by atoms with van der Waals surface area (Å²) in [5, 5.41) is 0. The van der Waals surface area contributed by atoms with E-state index in [2.05, 4.69) is 9.88 Å². The highest BCUT2D eigenvalue weighted by molar-refractivity contribution is 5.90. The van der Waals surface area contributed by atoms with Gasteiger partial charge in [-0.15, -0.1) is 0 Å². The van der Waals surface area contributed by atoms with Gasteiger partial charge in [-0.3, -0.25) is 9.78 Å². The van der Waals surface area contributed by atoms with Gasteiger partial charge in [0.2, 0.25) is 5.91 Å². The van der Waals surface area contributed by atoms with Gasteiger partial charge in [-0.25, -0.2) is 0 Å². The van der Waals surface area contributed by atoms with Gasteiger partial charge in [0.05, 0.1) is 5.69 Å². The van der Waals surface area contributed by atoms with Crippen molar-refractivity contribution < 1.29 is 4.79 Å². The third-order valence-electron chi connectivity index (χ3n) is 5.04. The van der Waals surface area contributed by atoms with Gasteiger partial charge < -0.3 is 10.6 Å². The van der Waals surface area contributed by atoms with Gasteiger partial charge in [0.15, 0.2) is 0 Å². The minimum atomic E-state index is -0.875. The molecule has 24 heavy (non-hydrogen) atoms. The Labute approximate surface area is 143 Å². The first kappa shape index (κ1) is 16.7. The van der Waals surface area contributed by atoms with Crippen molar-refractivity contribution in [2.45, 2.75) is 31.1 Å². The molecule has 1 saturated heterocycles. The van der Waals surface area contributed by atoms with Crippen LogP contribution in [0.1, 0.15) is 36.9 Å². The van der Waals surface area contributed by atoms with E-state index < -0.39 is 5.41 Å². The van der Waals surface area contributed by atoms with Crippen molar-refractivity contribution in [2.75, 3.05) is 19.6 Å². The van der Waals surface area contributed by atoms with E-state index in [-0.39, 0.29) is 5.91 Å². The van der Waals surface area contributed by atoms with Crippen molar-refractivity contribution in [2.24, 2.45) is 5.73 Å². The van der Waals surface area contributed by atoms with Crippen LogP contribution in [0.15, 0.2) is 54.7 Å². The lowest BCUT2D eigenvalue weighted by Crippen LogP contribution is -2.46. The lowest BCUT2D eigenvalue weighted by Gasteiger charge is -2.34. The molecule has 1 aromatic carbocycles. The SMILES string of the molecule is NC(=O)[C@@](CCN1CCCCC1)(c1ccccc1)c1ccccn1. The zero-order valence-electron chi connectivity index (χ0n) is 14.0. The number of primary amides is 1. The minimum absolute atomic E-state index is 0.329. The molecule has 2 N–H and O–H groups in total. The highest BCUT2D eigenvalue weighted by atomic mass is 16.1. The van der Waals surface area contributed by atoms with E-state index in [9.17, 15) is 4.79 Å². The molecular formula is C20H25N3O. The highest BCUT2D eigenvalue weighted by Gasteiger charge is 2.41. The molecule has 0 spiro atoms. The Kier molecular flexibility index (Phi) is 5.26. The van der Waals surface area contributed by atoms with E-state index in [4.69, 9.17) is 5.73 Å². The molecule has 0 saturated carbocycles. The van der Waals surface area contributed by atoms with Crippen LogP contribution in [0.2, 0.25) is 0 Å². The number of carbonyl (C=O) groups is 1. The Bertz CT molecular complexity index is 612. The third kappa shape index (κ3) is 3.34. The van der Waals surface area contributed by atoms with E-state index >= 15 is 0 Å². The fourth-order valence-corrected chi connectivity index (χ4v) is 3.66. The van der Waals surface area contributed by atoms with E-state index in [1.807, 2.05) is 48.5 Å². The lowest BCUT2D eigenvalue weighted by molar-refractivity contribution is -0.122. The quantitative estimate of drug-likeness (QED) is 0.889. The molecular weight excluding hydrogens is 298 g/mol. The molecule has 1 atom stereocenters. The van der Waals surface area contributed by atoms with Crippen molar-refractivity contribution >= 4 is 5.91 Å². The maximum atomic E-state index is 12.7. The number of amides is 1. The number of rotatable bonds is 6. The maximum absolute atomic E-state index is 12.7. The average molecular weight is 323 g/mol. The molecule has 2 heterocycles. The molecule has 0 unspecified atom stereocenters. The number of benzene rings is 1. The number of hydrogen-bond acceptors (Lipinski definition) is 3. The van der Waals surface area contributed by atoms with Crippen molar-refractivity contribution in [3.05, 3.63) is 66.0 Å². The molecule has 0 radical (unpaired) electrons. The predicted molar refractivity (Wildman–Crippen MR) is 95.6 cm³/mol. The molecule has 1 aliphatic rings. The second kappa shape index (κ2) is 7.58.